The van der Waals surface area contributed by atoms with Crippen LogP contribution in [-0.2, 0) is 13.0 Å². The molecule has 2 rings (SSSR count). The average molecular weight is 446 g/mol. The number of thiophene rings is 1. The van der Waals surface area contributed by atoms with Crippen LogP contribution in [0.5, 0.6) is 5.88 Å². The van der Waals surface area contributed by atoms with E-state index in [1.54, 1.807) is 24.6 Å². The van der Waals surface area contributed by atoms with Gasteiger partial charge in [-0.2, -0.15) is 0 Å². The maximum Gasteiger partial charge on any atom is 0.213 e. The topological polar surface area (TPSA) is 58.5 Å². The normalized spacial score (nSPS) is 10.8. The van der Waals surface area contributed by atoms with Crippen molar-refractivity contribution < 1.29 is 4.74 Å². The number of guanidine groups is 1. The zero-order valence-corrected chi connectivity index (χ0v) is 16.6. The molecule has 0 aliphatic rings. The van der Waals surface area contributed by atoms with Gasteiger partial charge in [-0.1, -0.05) is 6.07 Å². The zero-order chi connectivity index (χ0) is 15.6. The lowest BCUT2D eigenvalue weighted by Crippen LogP contribution is -2.38. The fourth-order valence-corrected chi connectivity index (χ4v) is 2.64. The van der Waals surface area contributed by atoms with E-state index in [9.17, 15) is 0 Å². The summed E-state index contributed by atoms with van der Waals surface area (Å²) in [5.74, 6) is 1.44. The lowest BCUT2D eigenvalue weighted by atomic mass is 10.3. The van der Waals surface area contributed by atoms with Crippen molar-refractivity contribution in [2.75, 3.05) is 20.2 Å². The van der Waals surface area contributed by atoms with Gasteiger partial charge in [0.2, 0.25) is 5.88 Å². The summed E-state index contributed by atoms with van der Waals surface area (Å²) >= 11 is 1.78. The maximum atomic E-state index is 5.13. The van der Waals surface area contributed by atoms with Gasteiger partial charge in [0.15, 0.2) is 5.96 Å². The van der Waals surface area contributed by atoms with Gasteiger partial charge in [-0.25, -0.2) is 9.98 Å². The highest BCUT2D eigenvalue weighted by atomic mass is 127. The number of hydrogen-bond acceptors (Lipinski definition) is 4. The standard InChI is InChI=1S/C16H22N4OS.HI/c1-3-17-16(19-9-7-14-5-4-10-22-14)20-12-13-6-8-18-15(11-13)21-2;/h4-6,8,10-11H,3,7,9,12H2,1-2H3,(H2,17,19,20);1H. The van der Waals surface area contributed by atoms with Gasteiger partial charge < -0.3 is 15.4 Å². The summed E-state index contributed by atoms with van der Waals surface area (Å²) in [6.45, 7) is 4.36. The van der Waals surface area contributed by atoms with Gasteiger partial charge in [-0.15, -0.1) is 35.3 Å². The number of rotatable bonds is 7. The lowest BCUT2D eigenvalue weighted by Gasteiger charge is -2.11. The first-order valence-corrected chi connectivity index (χ1v) is 8.23. The maximum absolute atomic E-state index is 5.13. The molecule has 7 heteroatoms. The Morgan fingerprint density at radius 1 is 1.35 bits per heavy atom. The van der Waals surface area contributed by atoms with Crippen LogP contribution in [0.15, 0.2) is 40.8 Å². The molecular formula is C16H23IN4OS. The van der Waals surface area contributed by atoms with E-state index in [1.807, 2.05) is 12.1 Å². The second kappa shape index (κ2) is 11.2. The minimum Gasteiger partial charge on any atom is -0.481 e. The van der Waals surface area contributed by atoms with Crippen LogP contribution in [0.1, 0.15) is 17.4 Å². The third-order valence-corrected chi connectivity index (χ3v) is 3.95. The Morgan fingerprint density at radius 2 is 2.22 bits per heavy atom. The number of aromatic nitrogens is 1. The molecular weight excluding hydrogens is 423 g/mol. The first kappa shape index (κ1) is 19.7. The Bertz CT molecular complexity index is 590. The third-order valence-electron chi connectivity index (χ3n) is 3.02. The summed E-state index contributed by atoms with van der Waals surface area (Å²) in [5.41, 5.74) is 1.07. The number of methoxy groups -OCH3 is 1. The van der Waals surface area contributed by atoms with Crippen molar-refractivity contribution in [1.29, 1.82) is 0 Å². The van der Waals surface area contributed by atoms with Crippen molar-refractivity contribution in [2.24, 2.45) is 4.99 Å². The largest absolute Gasteiger partial charge is 0.481 e. The monoisotopic (exact) mass is 446 g/mol. The number of ether oxygens (including phenoxy) is 1. The predicted octanol–water partition coefficient (Wildman–Crippen LogP) is 3.07. The number of pyridine rings is 1. The molecule has 0 aliphatic carbocycles. The molecule has 0 fully saturated rings. The van der Waals surface area contributed by atoms with E-state index in [0.29, 0.717) is 12.4 Å². The van der Waals surface area contributed by atoms with Crippen molar-refractivity contribution in [3.63, 3.8) is 0 Å². The second-order valence-electron chi connectivity index (χ2n) is 4.66. The minimum atomic E-state index is 0. The van der Waals surface area contributed by atoms with Crippen molar-refractivity contribution in [3.8, 4) is 5.88 Å². The molecule has 2 aromatic heterocycles. The Kier molecular flexibility index (Phi) is 9.61. The predicted molar refractivity (Wildman–Crippen MR) is 107 cm³/mol. The summed E-state index contributed by atoms with van der Waals surface area (Å²) in [7, 11) is 1.62. The van der Waals surface area contributed by atoms with Crippen molar-refractivity contribution >= 4 is 41.3 Å². The fraction of sp³-hybridized carbons (Fsp3) is 0.375. The molecule has 0 atom stereocenters. The highest BCUT2D eigenvalue weighted by Crippen LogP contribution is 2.10. The molecule has 0 saturated heterocycles. The lowest BCUT2D eigenvalue weighted by molar-refractivity contribution is 0.397. The molecule has 2 aromatic rings. The first-order valence-electron chi connectivity index (χ1n) is 7.35. The summed E-state index contributed by atoms with van der Waals surface area (Å²) in [5, 5.41) is 8.72. The smallest absolute Gasteiger partial charge is 0.213 e. The number of hydrogen-bond donors (Lipinski definition) is 2. The van der Waals surface area contributed by atoms with Gasteiger partial charge in [0.1, 0.15) is 0 Å². The molecule has 0 bridgehead atoms. The van der Waals surface area contributed by atoms with Crippen LogP contribution in [0.4, 0.5) is 0 Å². The Labute approximate surface area is 158 Å². The van der Waals surface area contributed by atoms with Crippen LogP contribution in [0.2, 0.25) is 0 Å². The number of nitrogens with one attached hydrogen (secondary N) is 2. The van der Waals surface area contributed by atoms with Gasteiger partial charge in [-0.05, 0) is 36.4 Å². The molecule has 2 N–H and O–H groups in total. The molecule has 0 radical (unpaired) electrons. The van der Waals surface area contributed by atoms with E-state index in [2.05, 4.69) is 45.0 Å². The van der Waals surface area contributed by atoms with Gasteiger partial charge in [0.25, 0.3) is 0 Å². The van der Waals surface area contributed by atoms with Crippen LogP contribution < -0.4 is 15.4 Å². The van der Waals surface area contributed by atoms with E-state index in [-0.39, 0.29) is 24.0 Å². The Morgan fingerprint density at radius 3 is 2.91 bits per heavy atom. The average Bonchev–Trinajstić information content (AvgIpc) is 3.06. The van der Waals surface area contributed by atoms with Crippen LogP contribution in [0, 0.1) is 0 Å². The Balaban J connectivity index is 0.00000264. The van der Waals surface area contributed by atoms with Crippen molar-refractivity contribution in [1.82, 2.24) is 15.6 Å². The highest BCUT2D eigenvalue weighted by molar-refractivity contribution is 14.0. The van der Waals surface area contributed by atoms with E-state index in [4.69, 9.17) is 4.74 Å². The SMILES string of the molecule is CCNC(=NCc1ccnc(OC)c1)NCCc1cccs1.I. The second-order valence-corrected chi connectivity index (χ2v) is 5.69. The molecule has 0 aromatic carbocycles. The van der Waals surface area contributed by atoms with Crippen molar-refractivity contribution in [3.05, 3.63) is 46.3 Å². The minimum absolute atomic E-state index is 0. The quantitative estimate of drug-likeness (QED) is 0.390. The van der Waals surface area contributed by atoms with Gasteiger partial charge in [0, 0.05) is 30.2 Å². The summed E-state index contributed by atoms with van der Waals surface area (Å²) in [6.07, 6.45) is 2.74. The van der Waals surface area contributed by atoms with Crippen LogP contribution >= 0.6 is 35.3 Å². The molecule has 0 amide bonds. The fourth-order valence-electron chi connectivity index (χ4n) is 1.93. The molecule has 0 saturated carbocycles. The first-order chi connectivity index (χ1) is 10.8. The number of halogens is 1. The summed E-state index contributed by atoms with van der Waals surface area (Å²) in [4.78, 5) is 10.1. The molecule has 0 aliphatic heterocycles. The Hall–Kier alpha value is -1.35. The van der Waals surface area contributed by atoms with Crippen LogP contribution in [0.25, 0.3) is 0 Å². The van der Waals surface area contributed by atoms with Crippen LogP contribution in [-0.4, -0.2) is 31.1 Å². The van der Waals surface area contributed by atoms with Gasteiger partial charge in [-0.3, -0.25) is 0 Å². The molecule has 0 spiro atoms. The summed E-state index contributed by atoms with van der Waals surface area (Å²) < 4.78 is 5.13. The molecule has 0 unspecified atom stereocenters. The zero-order valence-electron chi connectivity index (χ0n) is 13.4. The number of nitrogens with zero attached hydrogens (tertiary/aromatic N) is 2. The van der Waals surface area contributed by atoms with E-state index in [1.165, 1.54) is 4.88 Å². The third kappa shape index (κ3) is 7.17. The van der Waals surface area contributed by atoms with E-state index < -0.39 is 0 Å². The highest BCUT2D eigenvalue weighted by Gasteiger charge is 2.00. The molecule has 2 heterocycles. The molecule has 5 nitrogen and oxygen atoms in total. The van der Waals surface area contributed by atoms with Gasteiger partial charge in [0.05, 0.1) is 13.7 Å². The molecule has 23 heavy (non-hydrogen) atoms. The van der Waals surface area contributed by atoms with E-state index >= 15 is 0 Å². The van der Waals surface area contributed by atoms with Gasteiger partial charge >= 0.3 is 0 Å². The van der Waals surface area contributed by atoms with E-state index in [0.717, 1.165) is 31.0 Å². The number of aliphatic imine (C=N–C) groups is 1. The van der Waals surface area contributed by atoms with Crippen molar-refractivity contribution in [2.45, 2.75) is 19.9 Å². The van der Waals surface area contributed by atoms with Crippen LogP contribution in [0.3, 0.4) is 0 Å². The molecule has 126 valence electrons. The summed E-state index contributed by atoms with van der Waals surface area (Å²) in [6, 6.07) is 8.08.